The van der Waals surface area contributed by atoms with Gasteiger partial charge >= 0.3 is 0 Å². The molecule has 0 amide bonds. The second-order valence-corrected chi connectivity index (χ2v) is 18.1. The average Bonchev–Trinajstić information content (AvgIpc) is 3.97. The van der Waals surface area contributed by atoms with Gasteiger partial charge in [-0.15, -0.1) is 0 Å². The van der Waals surface area contributed by atoms with Crippen molar-refractivity contribution in [3.8, 4) is 44.5 Å². The van der Waals surface area contributed by atoms with Crippen molar-refractivity contribution in [2.45, 2.75) is 24.7 Å². The molecule has 0 aliphatic heterocycles. The Labute approximate surface area is 394 Å². The molecular weight excluding hydrogens is 797 g/mol. The third-order valence-corrected chi connectivity index (χ3v) is 14.3. The van der Waals surface area contributed by atoms with Gasteiger partial charge in [-0.1, -0.05) is 190 Å². The monoisotopic (exact) mass is 847 g/mol. The lowest BCUT2D eigenvalue weighted by atomic mass is 9.70. The van der Waals surface area contributed by atoms with Crippen LogP contribution in [0.1, 0.15) is 54.1 Å². The second-order valence-electron chi connectivity index (χ2n) is 18.1. The van der Waals surface area contributed by atoms with Gasteiger partial charge < -0.3 is 9.80 Å². The molecule has 0 fully saturated rings. The van der Waals surface area contributed by atoms with Gasteiger partial charge in [-0.3, -0.25) is 0 Å². The first-order valence-corrected chi connectivity index (χ1v) is 22.7. The van der Waals surface area contributed by atoms with E-state index in [4.69, 9.17) is 4.11 Å². The highest BCUT2D eigenvalue weighted by Crippen LogP contribution is 2.64. The summed E-state index contributed by atoms with van der Waals surface area (Å²) in [4.78, 5) is 4.57. The number of anilines is 6. The standard InChI is InChI=1S/C64H46N2/c1-63(2)56-30-16-12-27-50(56)53-37-35-47(40-59(53)63)66(62-33-19-15-26-49(62)43-20-6-3-7-21-43)48-36-39-55-52-29-14-18-32-58(52)64(61(55)42-48)57-31-17-13-28-51(57)54-38-34-46(41-60(54)64)65(44-22-8-4-9-23-44)45-24-10-5-11-25-45/h3-42H,1-2H3/i3D,6D,7D,20D,21D. The van der Waals surface area contributed by atoms with E-state index in [1.165, 1.54) is 55.6 Å². The van der Waals surface area contributed by atoms with Crippen molar-refractivity contribution in [3.63, 3.8) is 0 Å². The molecule has 1 atom stereocenters. The lowest BCUT2D eigenvalue weighted by molar-refractivity contribution is 0.660. The molecule has 312 valence electrons. The minimum absolute atomic E-state index is 0.156. The molecule has 3 aliphatic carbocycles. The van der Waals surface area contributed by atoms with Crippen molar-refractivity contribution >= 4 is 34.1 Å². The fourth-order valence-corrected chi connectivity index (χ4v) is 11.5. The normalized spacial score (nSPS) is 16.4. The fourth-order valence-electron chi connectivity index (χ4n) is 11.5. The summed E-state index contributed by atoms with van der Waals surface area (Å²) in [5, 5.41) is 0. The molecule has 0 bridgehead atoms. The Kier molecular flexibility index (Phi) is 7.41. The second kappa shape index (κ2) is 14.7. The number of rotatable bonds is 7. The number of hydrogen-bond donors (Lipinski definition) is 0. The van der Waals surface area contributed by atoms with Gasteiger partial charge in [0.25, 0.3) is 0 Å². The zero-order valence-electron chi connectivity index (χ0n) is 41.6. The van der Waals surface area contributed by atoms with Gasteiger partial charge in [0.05, 0.1) is 18.0 Å². The zero-order valence-corrected chi connectivity index (χ0v) is 36.6. The zero-order chi connectivity index (χ0) is 48.3. The first-order valence-electron chi connectivity index (χ1n) is 25.2. The maximum Gasteiger partial charge on any atom is 0.0727 e. The van der Waals surface area contributed by atoms with E-state index in [1.807, 2.05) is 24.3 Å². The van der Waals surface area contributed by atoms with E-state index >= 15 is 0 Å². The lowest BCUT2D eigenvalue weighted by Gasteiger charge is -2.34. The highest BCUT2D eigenvalue weighted by Gasteiger charge is 2.52. The Hall–Kier alpha value is -8.20. The maximum absolute atomic E-state index is 9.23. The lowest BCUT2D eigenvalue weighted by Crippen LogP contribution is -2.26. The van der Waals surface area contributed by atoms with Crippen molar-refractivity contribution < 1.29 is 6.85 Å². The first kappa shape index (κ1) is 33.3. The van der Waals surface area contributed by atoms with E-state index < -0.39 is 11.5 Å². The summed E-state index contributed by atoms with van der Waals surface area (Å²) in [5.41, 5.74) is 19.6. The van der Waals surface area contributed by atoms with Gasteiger partial charge in [0, 0.05) is 39.4 Å². The van der Waals surface area contributed by atoms with Crippen LogP contribution >= 0.6 is 0 Å². The maximum atomic E-state index is 9.23. The Morgan fingerprint density at radius 3 is 1.26 bits per heavy atom. The molecule has 10 aromatic carbocycles. The average molecular weight is 848 g/mol. The van der Waals surface area contributed by atoms with Gasteiger partial charge in [-0.05, 0) is 139 Å². The molecule has 10 aromatic rings. The Morgan fingerprint density at radius 2 is 0.712 bits per heavy atom. The van der Waals surface area contributed by atoms with Crippen molar-refractivity contribution in [2.75, 3.05) is 9.80 Å². The molecule has 3 aliphatic rings. The molecule has 0 aromatic heterocycles. The van der Waals surface area contributed by atoms with Gasteiger partial charge in [0.2, 0.25) is 0 Å². The number of benzene rings is 10. The third-order valence-electron chi connectivity index (χ3n) is 14.3. The Bertz CT molecular complexity index is 3750. The van der Waals surface area contributed by atoms with Crippen molar-refractivity contribution in [1.29, 1.82) is 0 Å². The van der Waals surface area contributed by atoms with Gasteiger partial charge in [0.1, 0.15) is 0 Å². The molecule has 0 heterocycles. The van der Waals surface area contributed by atoms with Crippen LogP contribution in [0.2, 0.25) is 0 Å². The van der Waals surface area contributed by atoms with Crippen LogP contribution in [0.5, 0.6) is 0 Å². The van der Waals surface area contributed by atoms with Gasteiger partial charge in [0.15, 0.2) is 0 Å². The minimum Gasteiger partial charge on any atom is -0.310 e. The molecule has 0 saturated heterocycles. The quantitative estimate of drug-likeness (QED) is 0.158. The van der Waals surface area contributed by atoms with Crippen LogP contribution < -0.4 is 9.80 Å². The largest absolute Gasteiger partial charge is 0.310 e. The summed E-state index contributed by atoms with van der Waals surface area (Å²) in [5.74, 6) is 0. The summed E-state index contributed by atoms with van der Waals surface area (Å²) < 4.78 is 44.5. The highest BCUT2D eigenvalue weighted by molar-refractivity contribution is 5.98. The summed E-state index contributed by atoms with van der Waals surface area (Å²) in [6.07, 6.45) is 0. The van der Waals surface area contributed by atoms with Crippen LogP contribution in [-0.4, -0.2) is 0 Å². The molecule has 1 unspecified atom stereocenters. The molecule has 2 heteroatoms. The molecule has 2 nitrogen and oxygen atoms in total. The summed E-state index contributed by atoms with van der Waals surface area (Å²) in [6, 6.07) is 73.9. The molecule has 0 N–H and O–H groups in total. The number of nitrogens with zero attached hydrogens (tertiary/aromatic N) is 2. The predicted molar refractivity (Wildman–Crippen MR) is 275 cm³/mol. The number of hydrogen-bond acceptors (Lipinski definition) is 2. The van der Waals surface area contributed by atoms with Gasteiger partial charge in [-0.2, -0.15) is 0 Å². The summed E-state index contributed by atoms with van der Waals surface area (Å²) >= 11 is 0. The predicted octanol–water partition coefficient (Wildman–Crippen LogP) is 16.9. The van der Waals surface area contributed by atoms with E-state index in [9.17, 15) is 2.74 Å². The van der Waals surface area contributed by atoms with Crippen LogP contribution in [0.4, 0.5) is 34.1 Å². The van der Waals surface area contributed by atoms with Crippen LogP contribution in [-0.2, 0) is 10.8 Å². The summed E-state index contributed by atoms with van der Waals surface area (Å²) in [7, 11) is 0. The molecule has 1 spiro atoms. The molecule has 0 saturated carbocycles. The SMILES string of the molecule is [2H]c1c([2H])c([2H])c(-c2ccccc2N(c2ccc3c(c2)C(C)(C)c2ccccc2-3)c2ccc3c(c2)C2(c4ccccc4-c4ccc(N(c5ccccc5)c5ccccc5)cc42)c2ccccc2-3)c([2H])c1[2H]. The Balaban J connectivity index is 1.09. The van der Waals surface area contributed by atoms with Crippen molar-refractivity contribution in [1.82, 2.24) is 0 Å². The van der Waals surface area contributed by atoms with Crippen LogP contribution in [0.15, 0.2) is 243 Å². The topological polar surface area (TPSA) is 6.48 Å². The Morgan fingerprint density at radius 1 is 0.318 bits per heavy atom. The summed E-state index contributed by atoms with van der Waals surface area (Å²) in [6.45, 7) is 4.56. The highest BCUT2D eigenvalue weighted by atomic mass is 15.1. The van der Waals surface area contributed by atoms with Crippen molar-refractivity contribution in [3.05, 3.63) is 276 Å². The first-order chi connectivity index (χ1) is 34.6. The molecular formula is C64H46N2. The molecule has 0 radical (unpaired) electrons. The number of fused-ring (bicyclic) bond motifs is 13. The molecule has 66 heavy (non-hydrogen) atoms. The van der Waals surface area contributed by atoms with E-state index in [0.717, 1.165) is 39.6 Å². The molecule has 13 rings (SSSR count). The van der Waals surface area contributed by atoms with Crippen molar-refractivity contribution in [2.24, 2.45) is 0 Å². The van der Waals surface area contributed by atoms with Crippen LogP contribution in [0, 0.1) is 0 Å². The van der Waals surface area contributed by atoms with Crippen LogP contribution in [0.3, 0.4) is 0 Å². The third kappa shape index (κ3) is 5.48. The van der Waals surface area contributed by atoms with Gasteiger partial charge in [-0.25, -0.2) is 0 Å². The fraction of sp³-hybridized carbons (Fsp3) is 0.0625. The van der Waals surface area contributed by atoms with E-state index in [1.54, 1.807) is 0 Å². The van der Waals surface area contributed by atoms with E-state index in [0.29, 0.717) is 11.3 Å². The van der Waals surface area contributed by atoms with E-state index in [-0.39, 0.29) is 35.1 Å². The smallest absolute Gasteiger partial charge is 0.0727 e. The minimum atomic E-state index is -0.720. The van der Waals surface area contributed by atoms with Crippen LogP contribution in [0.25, 0.3) is 44.5 Å². The van der Waals surface area contributed by atoms with E-state index in [2.05, 4.69) is 212 Å². The number of para-hydroxylation sites is 3.